The predicted octanol–water partition coefficient (Wildman–Crippen LogP) is 3.73. The van der Waals surface area contributed by atoms with E-state index in [-0.39, 0.29) is 23.9 Å². The predicted molar refractivity (Wildman–Crippen MR) is 136 cm³/mol. The van der Waals surface area contributed by atoms with E-state index in [0.717, 1.165) is 36.5 Å². The van der Waals surface area contributed by atoms with Crippen LogP contribution in [0.25, 0.3) is 22.4 Å². The molecule has 0 bridgehead atoms. The van der Waals surface area contributed by atoms with Crippen LogP contribution in [-0.2, 0) is 21.6 Å². The molecule has 0 unspecified atom stereocenters. The van der Waals surface area contributed by atoms with E-state index in [1.807, 2.05) is 28.3 Å². The van der Waals surface area contributed by atoms with E-state index in [9.17, 15) is 9.59 Å². The molecule has 5 rings (SSSR count). The van der Waals surface area contributed by atoms with Crippen LogP contribution in [-0.4, -0.2) is 50.7 Å². The van der Waals surface area contributed by atoms with Crippen LogP contribution in [0.1, 0.15) is 31.1 Å². The highest BCUT2D eigenvalue weighted by Crippen LogP contribution is 2.26. The Morgan fingerprint density at radius 1 is 1.11 bits per heavy atom. The van der Waals surface area contributed by atoms with Gasteiger partial charge in [0.05, 0.1) is 31.0 Å². The fourth-order valence-electron chi connectivity index (χ4n) is 3.84. The number of ether oxygens (including phenoxy) is 1. The minimum absolute atomic E-state index is 0.119. The summed E-state index contributed by atoms with van der Waals surface area (Å²) in [4.78, 5) is 34.1. The van der Waals surface area contributed by atoms with Crippen LogP contribution in [0.2, 0.25) is 0 Å². The van der Waals surface area contributed by atoms with Gasteiger partial charge in [-0.3, -0.25) is 9.59 Å². The Morgan fingerprint density at radius 3 is 2.66 bits per heavy atom. The molecule has 0 atom stereocenters. The molecule has 0 aromatic carbocycles. The molecule has 0 aliphatic carbocycles. The van der Waals surface area contributed by atoms with Crippen molar-refractivity contribution in [2.24, 2.45) is 5.92 Å². The number of thiazole rings is 1. The number of nitrogens with one attached hydrogen (secondary N) is 2. The van der Waals surface area contributed by atoms with Crippen LogP contribution >= 0.6 is 11.3 Å². The number of amides is 2. The van der Waals surface area contributed by atoms with Crippen molar-refractivity contribution in [1.82, 2.24) is 24.4 Å². The lowest BCUT2D eigenvalue weighted by Gasteiger charge is -2.26. The summed E-state index contributed by atoms with van der Waals surface area (Å²) >= 11 is 1.32. The van der Waals surface area contributed by atoms with Crippen molar-refractivity contribution >= 4 is 39.3 Å². The largest absolute Gasteiger partial charge is 0.381 e. The van der Waals surface area contributed by atoms with Gasteiger partial charge >= 0.3 is 0 Å². The highest BCUT2D eigenvalue weighted by Gasteiger charge is 2.20. The van der Waals surface area contributed by atoms with Gasteiger partial charge in [-0.05, 0) is 45.0 Å². The third-order valence-electron chi connectivity index (χ3n) is 5.93. The van der Waals surface area contributed by atoms with Crippen molar-refractivity contribution in [3.8, 4) is 11.4 Å². The van der Waals surface area contributed by atoms with Crippen molar-refractivity contribution in [1.29, 1.82) is 0 Å². The van der Waals surface area contributed by atoms with E-state index < -0.39 is 0 Å². The second-order valence-corrected chi connectivity index (χ2v) is 10.6. The maximum absolute atomic E-state index is 12.4. The molecule has 1 aliphatic heterocycles. The maximum atomic E-state index is 12.4. The Kier molecular flexibility index (Phi) is 6.16. The summed E-state index contributed by atoms with van der Waals surface area (Å²) in [6, 6.07) is 7.77. The molecule has 35 heavy (non-hydrogen) atoms. The molecule has 1 aliphatic rings. The molecule has 5 heterocycles. The van der Waals surface area contributed by atoms with Gasteiger partial charge in [-0.15, -0.1) is 11.3 Å². The second kappa shape index (κ2) is 9.27. The summed E-state index contributed by atoms with van der Waals surface area (Å²) in [7, 11) is 0. The van der Waals surface area contributed by atoms with Gasteiger partial charge in [0, 0.05) is 47.4 Å². The molecule has 0 radical (unpaired) electrons. The number of fused-ring (bicyclic) bond motifs is 1. The minimum Gasteiger partial charge on any atom is -0.381 e. The Morgan fingerprint density at radius 2 is 1.94 bits per heavy atom. The van der Waals surface area contributed by atoms with E-state index in [0.29, 0.717) is 22.3 Å². The summed E-state index contributed by atoms with van der Waals surface area (Å²) in [6.45, 7) is 8.49. The number of rotatable bonds is 7. The summed E-state index contributed by atoms with van der Waals surface area (Å²) in [5, 5.41) is 8.82. The quantitative estimate of drug-likeness (QED) is 0.409. The lowest BCUT2D eigenvalue weighted by molar-refractivity contribution is -0.115. The summed E-state index contributed by atoms with van der Waals surface area (Å²) < 4.78 is 9.40. The number of hydrogen-bond acceptors (Lipinski definition) is 6. The third-order valence-corrected chi connectivity index (χ3v) is 6.68. The molecule has 10 heteroatoms. The highest BCUT2D eigenvalue weighted by atomic mass is 32.1. The molecule has 9 nitrogen and oxygen atoms in total. The zero-order chi connectivity index (χ0) is 24.6. The average molecular weight is 493 g/mol. The summed E-state index contributed by atoms with van der Waals surface area (Å²) in [5.41, 5.74) is 2.75. The Hall–Kier alpha value is -3.50. The van der Waals surface area contributed by atoms with Crippen molar-refractivity contribution in [3.63, 3.8) is 0 Å². The average Bonchev–Trinajstić information content (AvgIpc) is 3.53. The van der Waals surface area contributed by atoms with Crippen molar-refractivity contribution in [2.45, 2.75) is 32.9 Å². The zero-order valence-electron chi connectivity index (χ0n) is 19.9. The summed E-state index contributed by atoms with van der Waals surface area (Å²) in [5.74, 6) is -0.109. The molecule has 4 aromatic heterocycles. The normalized spacial score (nSPS) is 14.1. The second-order valence-electron chi connectivity index (χ2n) is 9.73. The molecule has 0 saturated carbocycles. The lowest BCUT2D eigenvalue weighted by atomic mass is 10.1. The molecule has 4 aromatic rings. The molecular formula is C25H28N6O3S. The van der Waals surface area contributed by atoms with Crippen LogP contribution in [0.5, 0.6) is 0 Å². The zero-order valence-corrected chi connectivity index (χ0v) is 20.8. The SMILES string of the molecule is CC(C)(C)n1ccc(C(=O)NCC(=O)Nc2nc(-c3ccc4ccn(CC5COC5)c4n3)cs2)c1. The molecule has 0 spiro atoms. The number of anilines is 1. The molecule has 2 N–H and O–H groups in total. The summed E-state index contributed by atoms with van der Waals surface area (Å²) in [6.07, 6.45) is 5.69. The number of carbonyl (C=O) groups is 2. The monoisotopic (exact) mass is 492 g/mol. The van der Waals surface area contributed by atoms with Gasteiger partial charge in [0.15, 0.2) is 5.13 Å². The van der Waals surface area contributed by atoms with Gasteiger partial charge in [0.25, 0.3) is 5.91 Å². The van der Waals surface area contributed by atoms with E-state index in [1.54, 1.807) is 12.3 Å². The van der Waals surface area contributed by atoms with Gasteiger partial charge < -0.3 is 24.5 Å². The van der Waals surface area contributed by atoms with Crippen molar-refractivity contribution < 1.29 is 14.3 Å². The van der Waals surface area contributed by atoms with Crippen molar-refractivity contribution in [3.05, 3.63) is 53.8 Å². The first-order valence-corrected chi connectivity index (χ1v) is 12.4. The van der Waals surface area contributed by atoms with E-state index in [4.69, 9.17) is 9.72 Å². The standard InChI is InChI=1S/C25H28N6O3S/c1-25(2,3)31-9-7-18(12-31)23(33)26-10-21(32)29-24-28-20(15-35-24)19-5-4-17-6-8-30(22(17)27-19)11-16-13-34-14-16/h4-9,12,15-16H,10-11,13-14H2,1-3H3,(H,26,33)(H,28,29,32). The molecule has 1 fully saturated rings. The van der Waals surface area contributed by atoms with Crippen molar-refractivity contribution in [2.75, 3.05) is 25.1 Å². The first kappa shape index (κ1) is 23.3. The van der Waals surface area contributed by atoms with E-state index in [2.05, 4.69) is 53.2 Å². The fraction of sp³-hybridized carbons (Fsp3) is 0.360. The smallest absolute Gasteiger partial charge is 0.253 e. The first-order valence-electron chi connectivity index (χ1n) is 11.5. The molecule has 182 valence electrons. The van der Waals surface area contributed by atoms with Crippen LogP contribution < -0.4 is 10.6 Å². The Bertz CT molecular complexity index is 1380. The maximum Gasteiger partial charge on any atom is 0.253 e. The number of carbonyl (C=O) groups excluding carboxylic acids is 2. The first-order chi connectivity index (χ1) is 16.8. The van der Waals surface area contributed by atoms with Crippen LogP contribution in [0.15, 0.2) is 48.2 Å². The third kappa shape index (κ3) is 5.13. The van der Waals surface area contributed by atoms with Gasteiger partial charge in [0.2, 0.25) is 5.91 Å². The topological polar surface area (TPSA) is 103 Å². The Labute approximate surface area is 207 Å². The van der Waals surface area contributed by atoms with Gasteiger partial charge in [-0.25, -0.2) is 9.97 Å². The highest BCUT2D eigenvalue weighted by molar-refractivity contribution is 7.14. The Balaban J connectivity index is 1.20. The molecule has 1 saturated heterocycles. The lowest BCUT2D eigenvalue weighted by Crippen LogP contribution is -2.32. The molecular weight excluding hydrogens is 464 g/mol. The number of pyridine rings is 1. The van der Waals surface area contributed by atoms with Gasteiger partial charge in [-0.1, -0.05) is 0 Å². The van der Waals surface area contributed by atoms with Crippen LogP contribution in [0, 0.1) is 5.92 Å². The van der Waals surface area contributed by atoms with Gasteiger partial charge in [-0.2, -0.15) is 0 Å². The fourth-order valence-corrected chi connectivity index (χ4v) is 4.56. The molecule has 2 amide bonds. The number of hydrogen-bond donors (Lipinski definition) is 2. The number of nitrogens with zero attached hydrogens (tertiary/aromatic N) is 4. The van der Waals surface area contributed by atoms with Crippen LogP contribution in [0.3, 0.4) is 0 Å². The van der Waals surface area contributed by atoms with Gasteiger partial charge in [0.1, 0.15) is 11.3 Å². The van der Waals surface area contributed by atoms with E-state index in [1.165, 1.54) is 11.3 Å². The van der Waals surface area contributed by atoms with E-state index >= 15 is 0 Å². The minimum atomic E-state index is -0.338. The van der Waals surface area contributed by atoms with Crippen LogP contribution in [0.4, 0.5) is 5.13 Å². The number of aromatic nitrogens is 4.